The van der Waals surface area contributed by atoms with E-state index in [-0.39, 0.29) is 11.6 Å². The van der Waals surface area contributed by atoms with E-state index in [9.17, 15) is 4.79 Å². The van der Waals surface area contributed by atoms with Crippen LogP contribution in [0.15, 0.2) is 35.3 Å². The first-order valence-corrected chi connectivity index (χ1v) is 6.95. The van der Waals surface area contributed by atoms with Crippen molar-refractivity contribution in [2.75, 3.05) is 5.32 Å². The molecule has 0 saturated heterocycles. The summed E-state index contributed by atoms with van der Waals surface area (Å²) >= 11 is 0. The maximum atomic E-state index is 12.1. The Morgan fingerprint density at radius 3 is 2.81 bits per heavy atom. The second kappa shape index (κ2) is 5.09. The second-order valence-electron chi connectivity index (χ2n) is 5.30. The van der Waals surface area contributed by atoms with Crippen LogP contribution < -0.4 is 10.9 Å². The average molecular weight is 282 g/mol. The normalized spacial score (nSPS) is 12.5. The van der Waals surface area contributed by atoms with Gasteiger partial charge in [-0.2, -0.15) is 0 Å². The third-order valence-corrected chi connectivity index (χ3v) is 3.63. The van der Waals surface area contributed by atoms with Gasteiger partial charge in [-0.25, -0.2) is 4.98 Å². The summed E-state index contributed by atoms with van der Waals surface area (Å²) in [6.45, 7) is 5.62. The van der Waals surface area contributed by atoms with Crippen LogP contribution in [-0.4, -0.2) is 15.0 Å². The maximum absolute atomic E-state index is 12.1. The molecular weight excluding hydrogens is 264 g/mol. The number of hydrogen-bond donors (Lipinski definition) is 3. The van der Waals surface area contributed by atoms with Gasteiger partial charge in [-0.1, -0.05) is 0 Å². The molecule has 3 N–H and O–H groups in total. The van der Waals surface area contributed by atoms with Crippen LogP contribution in [-0.2, 0) is 0 Å². The van der Waals surface area contributed by atoms with Crippen molar-refractivity contribution in [1.29, 1.82) is 0 Å². The molecule has 0 aliphatic heterocycles. The zero-order valence-electron chi connectivity index (χ0n) is 12.3. The summed E-state index contributed by atoms with van der Waals surface area (Å²) in [4.78, 5) is 22.4. The number of aryl methyl sites for hydroxylation is 2. The number of aromatic amines is 2. The number of benzene rings is 1. The molecule has 0 aliphatic rings. The van der Waals surface area contributed by atoms with E-state index in [1.165, 1.54) is 0 Å². The van der Waals surface area contributed by atoms with E-state index < -0.39 is 0 Å². The van der Waals surface area contributed by atoms with E-state index in [0.29, 0.717) is 11.4 Å². The number of nitrogens with one attached hydrogen (secondary N) is 3. The Bertz CT molecular complexity index is 847. The predicted octanol–water partition coefficient (Wildman–Crippen LogP) is 3.04. The van der Waals surface area contributed by atoms with E-state index >= 15 is 0 Å². The van der Waals surface area contributed by atoms with Crippen LogP contribution in [0.5, 0.6) is 0 Å². The van der Waals surface area contributed by atoms with Gasteiger partial charge >= 0.3 is 0 Å². The van der Waals surface area contributed by atoms with Crippen LogP contribution in [0.2, 0.25) is 0 Å². The van der Waals surface area contributed by atoms with Crippen molar-refractivity contribution in [3.8, 4) is 0 Å². The first kappa shape index (κ1) is 13.4. The molecule has 1 unspecified atom stereocenters. The lowest BCUT2D eigenvalue weighted by Gasteiger charge is -2.16. The van der Waals surface area contributed by atoms with Gasteiger partial charge in [-0.05, 0) is 45.0 Å². The minimum absolute atomic E-state index is 0.0808. The summed E-state index contributed by atoms with van der Waals surface area (Å²) in [6, 6.07) is 8.00. The highest BCUT2D eigenvalue weighted by molar-refractivity contribution is 5.83. The quantitative estimate of drug-likeness (QED) is 0.691. The first-order chi connectivity index (χ1) is 10.0. The molecule has 1 atom stereocenters. The maximum Gasteiger partial charge on any atom is 0.256 e. The van der Waals surface area contributed by atoms with Crippen molar-refractivity contribution in [1.82, 2.24) is 15.0 Å². The van der Waals surface area contributed by atoms with Crippen LogP contribution in [0.25, 0.3) is 10.9 Å². The van der Waals surface area contributed by atoms with Crippen LogP contribution in [0, 0.1) is 13.8 Å². The topological polar surface area (TPSA) is 73.6 Å². The number of anilines is 1. The highest BCUT2D eigenvalue weighted by atomic mass is 16.1. The molecule has 1 aromatic carbocycles. The Hall–Kier alpha value is -2.56. The summed E-state index contributed by atoms with van der Waals surface area (Å²) < 4.78 is 0. The number of nitrogens with zero attached hydrogens (tertiary/aromatic N) is 1. The van der Waals surface area contributed by atoms with Crippen LogP contribution >= 0.6 is 0 Å². The largest absolute Gasteiger partial charge is 0.378 e. The molecule has 0 spiro atoms. The fourth-order valence-electron chi connectivity index (χ4n) is 2.71. The van der Waals surface area contributed by atoms with E-state index in [0.717, 1.165) is 22.3 Å². The monoisotopic (exact) mass is 282 g/mol. The van der Waals surface area contributed by atoms with Gasteiger partial charge in [-0.15, -0.1) is 0 Å². The molecule has 0 fully saturated rings. The SMILES string of the molecule is Cc1nc(C)c(C(C)Nc2ccc3[nH]ccc3c2)c(=O)[nH]1. The van der Waals surface area contributed by atoms with Gasteiger partial charge in [0.2, 0.25) is 0 Å². The molecular formula is C16H18N4O. The molecule has 0 radical (unpaired) electrons. The molecule has 5 heteroatoms. The van der Waals surface area contributed by atoms with Gasteiger partial charge < -0.3 is 15.3 Å². The molecule has 0 saturated carbocycles. The third-order valence-electron chi connectivity index (χ3n) is 3.63. The van der Waals surface area contributed by atoms with Crippen LogP contribution in [0.3, 0.4) is 0 Å². The Kier molecular flexibility index (Phi) is 3.25. The van der Waals surface area contributed by atoms with E-state index in [1.807, 2.05) is 38.2 Å². The number of H-pyrrole nitrogens is 2. The van der Waals surface area contributed by atoms with Crippen LogP contribution in [0.4, 0.5) is 5.69 Å². The zero-order chi connectivity index (χ0) is 15.0. The fourth-order valence-corrected chi connectivity index (χ4v) is 2.71. The van der Waals surface area contributed by atoms with Gasteiger partial charge in [0.15, 0.2) is 0 Å². The van der Waals surface area contributed by atoms with Gasteiger partial charge in [0.1, 0.15) is 5.82 Å². The van der Waals surface area contributed by atoms with Crippen molar-refractivity contribution in [3.63, 3.8) is 0 Å². The smallest absolute Gasteiger partial charge is 0.256 e. The lowest BCUT2D eigenvalue weighted by Crippen LogP contribution is -2.23. The summed E-state index contributed by atoms with van der Waals surface area (Å²) in [6.07, 6.45) is 1.91. The second-order valence-corrected chi connectivity index (χ2v) is 5.30. The van der Waals surface area contributed by atoms with Gasteiger partial charge in [0, 0.05) is 22.8 Å². The lowest BCUT2D eigenvalue weighted by atomic mass is 10.1. The molecule has 3 rings (SSSR count). The standard InChI is InChI=1S/C16H18N4O/c1-9-15(16(21)20-11(3)18-9)10(2)19-13-4-5-14-12(8-13)6-7-17-14/h4-8,10,17,19H,1-3H3,(H,18,20,21). The highest BCUT2D eigenvalue weighted by Crippen LogP contribution is 2.22. The van der Waals surface area contributed by atoms with Gasteiger partial charge in [0.05, 0.1) is 17.3 Å². The average Bonchev–Trinajstić information content (AvgIpc) is 2.84. The van der Waals surface area contributed by atoms with Crippen molar-refractivity contribution in [2.45, 2.75) is 26.8 Å². The molecule has 3 aromatic rings. The highest BCUT2D eigenvalue weighted by Gasteiger charge is 2.14. The number of rotatable bonds is 3. The summed E-state index contributed by atoms with van der Waals surface area (Å²) in [5.41, 5.74) is 3.43. The Balaban J connectivity index is 1.92. The summed E-state index contributed by atoms with van der Waals surface area (Å²) in [5.74, 6) is 0.641. The molecule has 21 heavy (non-hydrogen) atoms. The fraction of sp³-hybridized carbons (Fsp3) is 0.250. The zero-order valence-corrected chi connectivity index (χ0v) is 12.3. The minimum Gasteiger partial charge on any atom is -0.378 e. The third kappa shape index (κ3) is 2.54. The minimum atomic E-state index is -0.113. The van der Waals surface area contributed by atoms with Crippen molar-refractivity contribution in [3.05, 3.63) is 57.9 Å². The van der Waals surface area contributed by atoms with Crippen molar-refractivity contribution >= 4 is 16.6 Å². The van der Waals surface area contributed by atoms with E-state index in [4.69, 9.17) is 0 Å². The van der Waals surface area contributed by atoms with Gasteiger partial charge in [-0.3, -0.25) is 4.79 Å². The summed E-state index contributed by atoms with van der Waals surface area (Å²) in [7, 11) is 0. The number of fused-ring (bicyclic) bond motifs is 1. The van der Waals surface area contributed by atoms with E-state index in [2.05, 4.69) is 26.3 Å². The molecule has 5 nitrogen and oxygen atoms in total. The Morgan fingerprint density at radius 2 is 2.05 bits per heavy atom. The number of aromatic nitrogens is 3. The molecule has 2 heterocycles. The molecule has 0 aliphatic carbocycles. The predicted molar refractivity (Wildman–Crippen MR) is 84.7 cm³/mol. The molecule has 2 aromatic heterocycles. The lowest BCUT2D eigenvalue weighted by molar-refractivity contribution is 0.814. The number of hydrogen-bond acceptors (Lipinski definition) is 3. The van der Waals surface area contributed by atoms with Crippen molar-refractivity contribution in [2.24, 2.45) is 0 Å². The van der Waals surface area contributed by atoms with Gasteiger partial charge in [0.25, 0.3) is 5.56 Å². The van der Waals surface area contributed by atoms with Crippen LogP contribution in [0.1, 0.15) is 30.0 Å². The molecule has 108 valence electrons. The molecule has 0 bridgehead atoms. The summed E-state index contributed by atoms with van der Waals surface area (Å²) in [5, 5.41) is 4.51. The Labute approximate surface area is 122 Å². The Morgan fingerprint density at radius 1 is 1.24 bits per heavy atom. The van der Waals surface area contributed by atoms with Crippen molar-refractivity contribution < 1.29 is 0 Å². The first-order valence-electron chi connectivity index (χ1n) is 6.95. The molecule has 0 amide bonds. The van der Waals surface area contributed by atoms with E-state index in [1.54, 1.807) is 6.92 Å².